The lowest BCUT2D eigenvalue weighted by Gasteiger charge is -2.32. The Kier molecular flexibility index (Phi) is 3.52. The monoisotopic (exact) mass is 239 g/mol. The van der Waals surface area contributed by atoms with Crippen LogP contribution in [0.2, 0.25) is 0 Å². The van der Waals surface area contributed by atoms with Gasteiger partial charge < -0.3 is 15.2 Å². The number of hydrogen-bond acceptors (Lipinski definition) is 3. The van der Waals surface area contributed by atoms with Gasteiger partial charge in [-0.3, -0.25) is 0 Å². The highest BCUT2D eigenvalue weighted by molar-refractivity contribution is 5.42. The van der Waals surface area contributed by atoms with Gasteiger partial charge in [0.15, 0.2) is 11.6 Å². The van der Waals surface area contributed by atoms with Gasteiger partial charge in [0.2, 0.25) is 0 Å². The first kappa shape index (κ1) is 12.2. The van der Waals surface area contributed by atoms with Crippen molar-refractivity contribution in [3.8, 4) is 5.75 Å². The minimum Gasteiger partial charge on any atom is -0.487 e. The molecule has 0 amide bonds. The molecule has 0 bridgehead atoms. The summed E-state index contributed by atoms with van der Waals surface area (Å²) in [5.74, 6) is -0.137. The quantitative estimate of drug-likeness (QED) is 0.807. The molecule has 3 nitrogen and oxygen atoms in total. The highest BCUT2D eigenvalue weighted by Gasteiger charge is 2.26. The number of nitrogens with two attached hydrogens (primary N) is 1. The SMILES string of the molecule is CC1CC(Oc2ccc(N)cc2F)CC(C)O1. The minimum atomic E-state index is -0.406. The van der Waals surface area contributed by atoms with Crippen LogP contribution in [0, 0.1) is 5.82 Å². The first-order valence-corrected chi connectivity index (χ1v) is 5.91. The summed E-state index contributed by atoms with van der Waals surface area (Å²) in [6, 6.07) is 4.50. The standard InChI is InChI=1S/C13H18FNO2/c1-8-5-11(6-9(2)16-8)17-13-4-3-10(15)7-12(13)14/h3-4,7-9,11H,5-6,15H2,1-2H3. The van der Waals surface area contributed by atoms with Crippen LogP contribution >= 0.6 is 0 Å². The molecule has 1 heterocycles. The molecule has 1 fully saturated rings. The van der Waals surface area contributed by atoms with Gasteiger partial charge in [0.1, 0.15) is 6.10 Å². The molecule has 2 N–H and O–H groups in total. The van der Waals surface area contributed by atoms with Gasteiger partial charge in [-0.25, -0.2) is 4.39 Å². The summed E-state index contributed by atoms with van der Waals surface area (Å²) >= 11 is 0. The molecule has 1 aromatic carbocycles. The zero-order chi connectivity index (χ0) is 12.4. The number of hydrogen-bond donors (Lipinski definition) is 1. The second-order valence-electron chi connectivity index (χ2n) is 4.66. The van der Waals surface area contributed by atoms with Crippen LogP contribution in [0.1, 0.15) is 26.7 Å². The number of benzene rings is 1. The van der Waals surface area contributed by atoms with Crippen molar-refractivity contribution < 1.29 is 13.9 Å². The summed E-state index contributed by atoms with van der Waals surface area (Å²) in [4.78, 5) is 0. The summed E-state index contributed by atoms with van der Waals surface area (Å²) in [7, 11) is 0. The molecule has 0 saturated carbocycles. The molecule has 4 heteroatoms. The topological polar surface area (TPSA) is 44.5 Å². The average Bonchev–Trinajstić information content (AvgIpc) is 2.21. The molecular formula is C13H18FNO2. The summed E-state index contributed by atoms with van der Waals surface area (Å²) in [5.41, 5.74) is 5.90. The molecule has 0 aromatic heterocycles. The highest BCUT2D eigenvalue weighted by Crippen LogP contribution is 2.26. The average molecular weight is 239 g/mol. The summed E-state index contributed by atoms with van der Waals surface area (Å²) in [5, 5.41) is 0. The van der Waals surface area contributed by atoms with Gasteiger partial charge in [0, 0.05) is 24.6 Å². The molecular weight excluding hydrogens is 221 g/mol. The molecule has 0 aliphatic carbocycles. The number of anilines is 1. The van der Waals surface area contributed by atoms with Crippen LogP contribution < -0.4 is 10.5 Å². The van der Waals surface area contributed by atoms with E-state index in [1.807, 2.05) is 13.8 Å². The maximum absolute atomic E-state index is 13.6. The first-order chi connectivity index (χ1) is 8.04. The van der Waals surface area contributed by atoms with Crippen molar-refractivity contribution in [2.45, 2.75) is 45.0 Å². The van der Waals surface area contributed by atoms with Crippen molar-refractivity contribution in [2.75, 3.05) is 5.73 Å². The fraction of sp³-hybridized carbons (Fsp3) is 0.538. The van der Waals surface area contributed by atoms with E-state index in [4.69, 9.17) is 15.2 Å². The maximum Gasteiger partial charge on any atom is 0.167 e. The predicted molar refractivity (Wildman–Crippen MR) is 64.5 cm³/mol. The maximum atomic E-state index is 13.6. The zero-order valence-electron chi connectivity index (χ0n) is 10.2. The highest BCUT2D eigenvalue weighted by atomic mass is 19.1. The molecule has 2 atom stereocenters. The molecule has 2 rings (SSSR count). The van der Waals surface area contributed by atoms with Gasteiger partial charge in [-0.15, -0.1) is 0 Å². The Balaban J connectivity index is 2.04. The molecule has 1 aliphatic heterocycles. The Morgan fingerprint density at radius 3 is 2.53 bits per heavy atom. The summed E-state index contributed by atoms with van der Waals surface area (Å²) < 4.78 is 24.8. The lowest BCUT2D eigenvalue weighted by atomic mass is 10.0. The second-order valence-corrected chi connectivity index (χ2v) is 4.66. The van der Waals surface area contributed by atoms with Gasteiger partial charge in [0.05, 0.1) is 12.2 Å². The van der Waals surface area contributed by atoms with Gasteiger partial charge in [-0.1, -0.05) is 0 Å². The first-order valence-electron chi connectivity index (χ1n) is 5.91. The Hall–Kier alpha value is -1.29. The largest absolute Gasteiger partial charge is 0.487 e. The number of rotatable bonds is 2. The van der Waals surface area contributed by atoms with Crippen LogP contribution in [-0.2, 0) is 4.74 Å². The van der Waals surface area contributed by atoms with E-state index in [0.29, 0.717) is 5.69 Å². The van der Waals surface area contributed by atoms with E-state index in [9.17, 15) is 4.39 Å². The number of halogens is 1. The smallest absolute Gasteiger partial charge is 0.167 e. The van der Waals surface area contributed by atoms with Gasteiger partial charge in [0.25, 0.3) is 0 Å². The van der Waals surface area contributed by atoms with Crippen molar-refractivity contribution in [3.63, 3.8) is 0 Å². The van der Waals surface area contributed by atoms with Crippen LogP contribution in [0.25, 0.3) is 0 Å². The van der Waals surface area contributed by atoms with Gasteiger partial charge in [-0.2, -0.15) is 0 Å². The normalized spacial score (nSPS) is 29.0. The van der Waals surface area contributed by atoms with E-state index in [1.54, 1.807) is 12.1 Å². The van der Waals surface area contributed by atoms with Gasteiger partial charge in [-0.05, 0) is 26.0 Å². The van der Waals surface area contributed by atoms with E-state index in [-0.39, 0.29) is 24.1 Å². The van der Waals surface area contributed by atoms with E-state index in [1.165, 1.54) is 6.07 Å². The summed E-state index contributed by atoms with van der Waals surface area (Å²) in [6.07, 6.45) is 1.88. The minimum absolute atomic E-state index is 0.00637. The predicted octanol–water partition coefficient (Wildman–Crippen LogP) is 2.74. The van der Waals surface area contributed by atoms with Crippen molar-refractivity contribution in [3.05, 3.63) is 24.0 Å². The van der Waals surface area contributed by atoms with E-state index in [2.05, 4.69) is 0 Å². The third-order valence-corrected chi connectivity index (χ3v) is 2.90. The van der Waals surface area contributed by atoms with Crippen molar-refractivity contribution in [1.82, 2.24) is 0 Å². The van der Waals surface area contributed by atoms with Crippen LogP contribution in [0.4, 0.5) is 10.1 Å². The van der Waals surface area contributed by atoms with Crippen LogP contribution in [-0.4, -0.2) is 18.3 Å². The van der Waals surface area contributed by atoms with Crippen LogP contribution in [0.15, 0.2) is 18.2 Å². The Morgan fingerprint density at radius 2 is 1.94 bits per heavy atom. The van der Waals surface area contributed by atoms with Crippen LogP contribution in [0.3, 0.4) is 0 Å². The van der Waals surface area contributed by atoms with E-state index < -0.39 is 5.82 Å². The Morgan fingerprint density at radius 1 is 1.29 bits per heavy atom. The fourth-order valence-corrected chi connectivity index (χ4v) is 2.23. The summed E-state index contributed by atoms with van der Waals surface area (Å²) in [6.45, 7) is 4.01. The van der Waals surface area contributed by atoms with Crippen molar-refractivity contribution in [2.24, 2.45) is 0 Å². The number of nitrogen functional groups attached to an aromatic ring is 1. The second kappa shape index (κ2) is 4.92. The Labute approximate surface area is 101 Å². The van der Waals surface area contributed by atoms with Gasteiger partial charge >= 0.3 is 0 Å². The van der Waals surface area contributed by atoms with E-state index in [0.717, 1.165) is 12.8 Å². The third kappa shape index (κ3) is 3.09. The molecule has 1 aromatic rings. The molecule has 1 aliphatic rings. The molecule has 0 radical (unpaired) electrons. The lowest BCUT2D eigenvalue weighted by molar-refractivity contribution is -0.0727. The van der Waals surface area contributed by atoms with E-state index >= 15 is 0 Å². The van der Waals surface area contributed by atoms with Crippen molar-refractivity contribution in [1.29, 1.82) is 0 Å². The Bertz CT molecular complexity index is 387. The molecule has 17 heavy (non-hydrogen) atoms. The fourth-order valence-electron chi connectivity index (χ4n) is 2.23. The van der Waals surface area contributed by atoms with Crippen LogP contribution in [0.5, 0.6) is 5.75 Å². The lowest BCUT2D eigenvalue weighted by Crippen LogP contribution is -2.35. The van der Waals surface area contributed by atoms with Crippen molar-refractivity contribution >= 4 is 5.69 Å². The molecule has 0 spiro atoms. The molecule has 2 unspecified atom stereocenters. The molecule has 1 saturated heterocycles. The molecule has 94 valence electrons. The zero-order valence-corrected chi connectivity index (χ0v) is 10.2. The third-order valence-electron chi connectivity index (χ3n) is 2.90. The number of ether oxygens (including phenoxy) is 2.